The highest BCUT2D eigenvalue weighted by Gasteiger charge is 2.15. The van der Waals surface area contributed by atoms with Crippen molar-refractivity contribution in [3.05, 3.63) is 48.5 Å². The monoisotopic (exact) mass is 384 g/mol. The molecule has 150 valence electrons. The quantitative estimate of drug-likeness (QED) is 0.646. The van der Waals surface area contributed by atoms with Gasteiger partial charge in [0.15, 0.2) is 0 Å². The number of hydrogen-bond acceptors (Lipinski definition) is 5. The lowest BCUT2D eigenvalue weighted by Crippen LogP contribution is -2.21. The van der Waals surface area contributed by atoms with Crippen molar-refractivity contribution in [2.45, 2.75) is 32.3 Å². The van der Waals surface area contributed by atoms with Crippen molar-refractivity contribution < 1.29 is 19.0 Å². The molecule has 2 aromatic rings. The van der Waals surface area contributed by atoms with Crippen LogP contribution in [0.1, 0.15) is 26.2 Å². The predicted molar refractivity (Wildman–Crippen MR) is 110 cm³/mol. The maximum Gasteiger partial charge on any atom is 0.243 e. The molecule has 0 aliphatic carbocycles. The first-order valence-electron chi connectivity index (χ1n) is 9.84. The maximum atomic E-state index is 12.2. The summed E-state index contributed by atoms with van der Waals surface area (Å²) in [5.74, 6) is 1.44. The van der Waals surface area contributed by atoms with E-state index < -0.39 is 0 Å². The standard InChI is InChI=1S/C22H28N2O4/c1-2-12-26-20-6-3-5-18(14-20)24-22(25)15-23-17-8-10-19(11-9-17)28-16-21-7-4-13-27-21/h3,5-6,8-11,14,21,23H,2,4,7,12-13,15-16H2,1H3,(H,24,25). The first-order chi connectivity index (χ1) is 13.7. The number of benzene rings is 2. The van der Waals surface area contributed by atoms with E-state index in [9.17, 15) is 4.79 Å². The zero-order valence-corrected chi connectivity index (χ0v) is 16.3. The average molecular weight is 384 g/mol. The molecule has 0 spiro atoms. The summed E-state index contributed by atoms with van der Waals surface area (Å²) >= 11 is 0. The molecule has 1 aliphatic heterocycles. The lowest BCUT2D eigenvalue weighted by atomic mass is 10.2. The largest absolute Gasteiger partial charge is 0.494 e. The Morgan fingerprint density at radius 2 is 1.96 bits per heavy atom. The van der Waals surface area contributed by atoms with E-state index in [0.717, 1.165) is 48.7 Å². The van der Waals surface area contributed by atoms with Gasteiger partial charge in [-0.05, 0) is 55.7 Å². The van der Waals surface area contributed by atoms with Crippen LogP contribution in [0.5, 0.6) is 11.5 Å². The molecule has 1 heterocycles. The summed E-state index contributed by atoms with van der Waals surface area (Å²) in [7, 11) is 0. The molecule has 6 nitrogen and oxygen atoms in total. The van der Waals surface area contributed by atoms with Crippen LogP contribution in [-0.2, 0) is 9.53 Å². The fourth-order valence-corrected chi connectivity index (χ4v) is 2.91. The Balaban J connectivity index is 1.41. The predicted octanol–water partition coefficient (Wildman–Crippen LogP) is 4.08. The minimum atomic E-state index is -0.119. The van der Waals surface area contributed by atoms with E-state index in [1.807, 2.05) is 48.5 Å². The molecule has 1 aliphatic rings. The van der Waals surface area contributed by atoms with Gasteiger partial charge in [0.05, 0.1) is 19.3 Å². The Hall–Kier alpha value is -2.73. The summed E-state index contributed by atoms with van der Waals surface area (Å²) in [6.07, 6.45) is 3.31. The van der Waals surface area contributed by atoms with Gasteiger partial charge in [-0.2, -0.15) is 0 Å². The number of carbonyl (C=O) groups excluding carboxylic acids is 1. The Bertz CT molecular complexity index is 742. The molecule has 1 unspecified atom stereocenters. The van der Waals surface area contributed by atoms with E-state index in [-0.39, 0.29) is 18.6 Å². The number of carbonyl (C=O) groups is 1. The molecule has 28 heavy (non-hydrogen) atoms. The lowest BCUT2D eigenvalue weighted by molar-refractivity contribution is -0.114. The van der Waals surface area contributed by atoms with Crippen LogP contribution in [-0.4, -0.2) is 38.4 Å². The summed E-state index contributed by atoms with van der Waals surface area (Å²) in [5.41, 5.74) is 1.58. The van der Waals surface area contributed by atoms with Gasteiger partial charge in [-0.1, -0.05) is 13.0 Å². The smallest absolute Gasteiger partial charge is 0.243 e. The van der Waals surface area contributed by atoms with Gasteiger partial charge in [-0.25, -0.2) is 0 Å². The molecule has 1 saturated heterocycles. The highest BCUT2D eigenvalue weighted by molar-refractivity contribution is 5.93. The summed E-state index contributed by atoms with van der Waals surface area (Å²) in [5, 5.41) is 5.99. The number of amides is 1. The van der Waals surface area contributed by atoms with Crippen molar-refractivity contribution in [1.82, 2.24) is 0 Å². The first kappa shape index (κ1) is 20.0. The van der Waals surface area contributed by atoms with Crippen LogP contribution in [0.2, 0.25) is 0 Å². The van der Waals surface area contributed by atoms with E-state index in [0.29, 0.717) is 13.2 Å². The van der Waals surface area contributed by atoms with Crippen molar-refractivity contribution in [2.24, 2.45) is 0 Å². The molecule has 6 heteroatoms. The van der Waals surface area contributed by atoms with Gasteiger partial charge in [0, 0.05) is 24.0 Å². The van der Waals surface area contributed by atoms with E-state index in [2.05, 4.69) is 17.6 Å². The van der Waals surface area contributed by atoms with Crippen LogP contribution < -0.4 is 20.1 Å². The van der Waals surface area contributed by atoms with Gasteiger partial charge in [-0.3, -0.25) is 4.79 Å². The van der Waals surface area contributed by atoms with E-state index in [1.165, 1.54) is 0 Å². The fraction of sp³-hybridized carbons (Fsp3) is 0.409. The Morgan fingerprint density at radius 1 is 1.11 bits per heavy atom. The van der Waals surface area contributed by atoms with Crippen molar-refractivity contribution in [1.29, 1.82) is 0 Å². The minimum Gasteiger partial charge on any atom is -0.494 e. The summed E-state index contributed by atoms with van der Waals surface area (Å²) in [4.78, 5) is 12.2. The van der Waals surface area contributed by atoms with Crippen LogP contribution in [0, 0.1) is 0 Å². The molecule has 0 radical (unpaired) electrons. The second-order valence-electron chi connectivity index (χ2n) is 6.75. The van der Waals surface area contributed by atoms with Crippen LogP contribution >= 0.6 is 0 Å². The number of anilines is 2. The fourth-order valence-electron chi connectivity index (χ4n) is 2.91. The number of ether oxygens (including phenoxy) is 3. The normalized spacial score (nSPS) is 15.8. The lowest BCUT2D eigenvalue weighted by Gasteiger charge is -2.12. The van der Waals surface area contributed by atoms with Crippen molar-refractivity contribution >= 4 is 17.3 Å². The summed E-state index contributed by atoms with van der Waals surface area (Å²) in [6, 6.07) is 15.0. The molecular formula is C22H28N2O4. The van der Waals surface area contributed by atoms with Crippen molar-refractivity contribution in [2.75, 3.05) is 37.0 Å². The van der Waals surface area contributed by atoms with Crippen LogP contribution in [0.15, 0.2) is 48.5 Å². The second-order valence-corrected chi connectivity index (χ2v) is 6.75. The van der Waals surface area contributed by atoms with Gasteiger partial charge in [0.25, 0.3) is 0 Å². The molecule has 2 aromatic carbocycles. The third kappa shape index (κ3) is 6.46. The van der Waals surface area contributed by atoms with Gasteiger partial charge >= 0.3 is 0 Å². The first-order valence-corrected chi connectivity index (χ1v) is 9.84. The van der Waals surface area contributed by atoms with Gasteiger partial charge in [0.2, 0.25) is 5.91 Å². The minimum absolute atomic E-state index is 0.119. The average Bonchev–Trinajstić information content (AvgIpc) is 3.24. The molecule has 0 bridgehead atoms. The molecule has 0 saturated carbocycles. The van der Waals surface area contributed by atoms with Crippen LogP contribution in [0.4, 0.5) is 11.4 Å². The zero-order chi connectivity index (χ0) is 19.6. The number of nitrogens with one attached hydrogen (secondary N) is 2. The molecule has 1 amide bonds. The van der Waals surface area contributed by atoms with Crippen LogP contribution in [0.25, 0.3) is 0 Å². The molecule has 1 fully saturated rings. The molecule has 2 N–H and O–H groups in total. The zero-order valence-electron chi connectivity index (χ0n) is 16.3. The van der Waals surface area contributed by atoms with E-state index in [1.54, 1.807) is 0 Å². The van der Waals surface area contributed by atoms with Crippen molar-refractivity contribution in [3.8, 4) is 11.5 Å². The van der Waals surface area contributed by atoms with Crippen molar-refractivity contribution in [3.63, 3.8) is 0 Å². The third-order valence-corrected chi connectivity index (χ3v) is 4.36. The molecular weight excluding hydrogens is 356 g/mol. The highest BCUT2D eigenvalue weighted by atomic mass is 16.5. The third-order valence-electron chi connectivity index (χ3n) is 4.36. The Morgan fingerprint density at radius 3 is 2.71 bits per heavy atom. The Kier molecular flexibility index (Phi) is 7.55. The van der Waals surface area contributed by atoms with Gasteiger partial charge in [0.1, 0.15) is 18.1 Å². The number of hydrogen-bond donors (Lipinski definition) is 2. The second kappa shape index (κ2) is 10.6. The maximum absolute atomic E-state index is 12.2. The molecule has 0 aromatic heterocycles. The SMILES string of the molecule is CCCOc1cccc(NC(=O)CNc2ccc(OCC3CCCO3)cc2)c1. The number of rotatable bonds is 10. The van der Waals surface area contributed by atoms with Gasteiger partial charge < -0.3 is 24.8 Å². The molecule has 1 atom stereocenters. The van der Waals surface area contributed by atoms with E-state index >= 15 is 0 Å². The highest BCUT2D eigenvalue weighted by Crippen LogP contribution is 2.19. The molecule has 3 rings (SSSR count). The van der Waals surface area contributed by atoms with E-state index in [4.69, 9.17) is 14.2 Å². The Labute approximate surface area is 166 Å². The topological polar surface area (TPSA) is 68.8 Å². The summed E-state index contributed by atoms with van der Waals surface area (Å²) in [6.45, 7) is 4.30. The van der Waals surface area contributed by atoms with Crippen LogP contribution in [0.3, 0.4) is 0 Å². The summed E-state index contributed by atoms with van der Waals surface area (Å²) < 4.78 is 16.9. The van der Waals surface area contributed by atoms with Gasteiger partial charge in [-0.15, -0.1) is 0 Å².